The van der Waals surface area contributed by atoms with Gasteiger partial charge in [0.2, 0.25) is 5.91 Å². The van der Waals surface area contributed by atoms with Crippen LogP contribution < -0.4 is 20.3 Å². The third-order valence-electron chi connectivity index (χ3n) is 13.9. The average Bonchev–Trinajstić information content (AvgIpc) is 3.64. The number of aliphatic hydroxyl groups is 3. The van der Waals surface area contributed by atoms with E-state index in [1.165, 1.54) is 6.42 Å². The first-order valence-electron chi connectivity index (χ1n) is 20.1. The van der Waals surface area contributed by atoms with Gasteiger partial charge in [0.25, 0.3) is 5.91 Å². The van der Waals surface area contributed by atoms with Gasteiger partial charge in [-0.25, -0.2) is 0 Å². The third-order valence-corrected chi connectivity index (χ3v) is 13.9. The molecule has 2 aromatic carbocycles. The lowest BCUT2D eigenvalue weighted by Gasteiger charge is -2.62. The highest BCUT2D eigenvalue weighted by Crippen LogP contribution is 2.61. The number of aliphatic hydroxyl groups excluding tert-OH is 3. The van der Waals surface area contributed by atoms with Crippen molar-refractivity contribution in [1.82, 2.24) is 15.7 Å². The SMILES string of the molecule is CCCC1C[C@@H](NC(=O)c2cc(-c3cccc(CN4O[C@@H](CO)[C@H]([C@H](C)O)[C@H]4C(=O)N[C@H]4C[C@H]5C[C@H]([C@@H]4C)C5(C)C)c3OC)cc(N(C)C)c2)[C@@H](O)C1C. The minimum Gasteiger partial charge on any atom is -0.496 e. The van der Waals surface area contributed by atoms with Crippen molar-refractivity contribution < 1.29 is 34.5 Å². The number of hydroxylamine groups is 2. The summed E-state index contributed by atoms with van der Waals surface area (Å²) >= 11 is 0. The molecular formula is C43H64N4O7. The van der Waals surface area contributed by atoms with Crippen LogP contribution in [0.25, 0.3) is 11.1 Å². The van der Waals surface area contributed by atoms with E-state index in [2.05, 4.69) is 45.3 Å². The fourth-order valence-corrected chi connectivity index (χ4v) is 10.5. The van der Waals surface area contributed by atoms with E-state index in [1.54, 1.807) is 19.1 Å². The number of carbonyl (C=O) groups is 2. The molecule has 11 nitrogen and oxygen atoms in total. The van der Waals surface area contributed by atoms with Crippen LogP contribution in [-0.2, 0) is 16.2 Å². The van der Waals surface area contributed by atoms with Gasteiger partial charge in [-0.15, -0.1) is 0 Å². The lowest BCUT2D eigenvalue weighted by atomic mass is 9.45. The van der Waals surface area contributed by atoms with E-state index >= 15 is 0 Å². The Balaban J connectivity index is 1.27. The molecule has 0 aromatic heterocycles. The predicted molar refractivity (Wildman–Crippen MR) is 210 cm³/mol. The number of anilines is 1. The summed E-state index contributed by atoms with van der Waals surface area (Å²) in [6, 6.07) is 10.4. The second-order valence-electron chi connectivity index (χ2n) is 17.6. The smallest absolute Gasteiger partial charge is 0.251 e. The fourth-order valence-electron chi connectivity index (χ4n) is 10.5. The second kappa shape index (κ2) is 16.1. The number of nitrogens with one attached hydrogen (secondary N) is 2. The molecule has 5 N–H and O–H groups in total. The molecule has 5 fully saturated rings. The molecule has 4 saturated carbocycles. The maximum atomic E-state index is 14.3. The zero-order valence-electron chi connectivity index (χ0n) is 33.7. The van der Waals surface area contributed by atoms with Crippen molar-refractivity contribution in [3.8, 4) is 16.9 Å². The minimum absolute atomic E-state index is 0.0327. The Labute approximate surface area is 321 Å². The molecule has 4 aliphatic carbocycles. The van der Waals surface area contributed by atoms with E-state index in [4.69, 9.17) is 9.57 Å². The van der Waals surface area contributed by atoms with E-state index in [1.807, 2.05) is 55.4 Å². The summed E-state index contributed by atoms with van der Waals surface area (Å²) in [4.78, 5) is 36.3. The molecule has 1 heterocycles. The van der Waals surface area contributed by atoms with Crippen molar-refractivity contribution in [2.24, 2.45) is 40.9 Å². The number of para-hydroxylation sites is 1. The Kier molecular flexibility index (Phi) is 12.1. The molecule has 1 saturated heterocycles. The number of rotatable bonds is 13. The highest BCUT2D eigenvalue weighted by atomic mass is 16.7. The average molecular weight is 749 g/mol. The Morgan fingerprint density at radius 2 is 1.81 bits per heavy atom. The minimum atomic E-state index is -0.906. The van der Waals surface area contributed by atoms with Crippen molar-refractivity contribution in [2.45, 2.75) is 117 Å². The van der Waals surface area contributed by atoms with Gasteiger partial charge in [-0.2, -0.15) is 5.06 Å². The Morgan fingerprint density at radius 1 is 1.07 bits per heavy atom. The molecule has 2 unspecified atom stereocenters. The molecule has 2 aromatic rings. The summed E-state index contributed by atoms with van der Waals surface area (Å²) < 4.78 is 6.08. The number of hydrogen-bond donors (Lipinski definition) is 5. The van der Waals surface area contributed by atoms with Gasteiger partial charge in [-0.1, -0.05) is 65.7 Å². The molecule has 0 radical (unpaired) electrons. The van der Waals surface area contributed by atoms with Gasteiger partial charge in [-0.05, 0) is 85.0 Å². The first-order valence-corrected chi connectivity index (χ1v) is 20.1. The first-order chi connectivity index (χ1) is 25.6. The predicted octanol–water partition coefficient (Wildman–Crippen LogP) is 5.00. The van der Waals surface area contributed by atoms with Gasteiger partial charge in [0.15, 0.2) is 0 Å². The highest BCUT2D eigenvalue weighted by Gasteiger charge is 2.57. The quantitative estimate of drug-likeness (QED) is 0.191. The number of benzene rings is 2. The standard InChI is InChI=1S/C43H64N4O7/c1-10-12-26-18-35(39(50)23(26)2)45-41(51)29-15-28(16-31(17-29)46(7)8)32-14-11-13-27(40(32)53-9)21-47-38(37(25(4)49)36(22-48)54-47)42(52)44-34-20-30-19-33(24(34)3)43(30,5)6/h11,13-17,23-26,30,33-39,48-50H,10,12,18-22H2,1-9H3,(H,44,52)(H,45,51)/t23?,24-,25-,26?,30+,33+,34-,35+,36-,37-,38-,39-/m0/s1. The van der Waals surface area contributed by atoms with Crippen molar-refractivity contribution in [1.29, 1.82) is 0 Å². The lowest BCUT2D eigenvalue weighted by molar-refractivity contribution is -0.183. The molecule has 12 atom stereocenters. The molecule has 0 spiro atoms. The number of nitrogens with zero attached hydrogens (tertiary/aromatic N) is 2. The third kappa shape index (κ3) is 7.51. The number of carbonyl (C=O) groups excluding carboxylic acids is 2. The topological polar surface area (TPSA) is 144 Å². The molecule has 2 bridgehead atoms. The van der Waals surface area contributed by atoms with Crippen LogP contribution in [0.1, 0.15) is 89.6 Å². The van der Waals surface area contributed by atoms with Gasteiger partial charge >= 0.3 is 0 Å². The summed E-state index contributed by atoms with van der Waals surface area (Å²) in [7, 11) is 5.45. The largest absolute Gasteiger partial charge is 0.496 e. The number of methoxy groups -OCH3 is 1. The summed E-state index contributed by atoms with van der Waals surface area (Å²) in [5.41, 5.74) is 3.86. The van der Waals surface area contributed by atoms with Gasteiger partial charge in [0.05, 0.1) is 38.5 Å². The van der Waals surface area contributed by atoms with Crippen LogP contribution in [-0.4, -0.2) is 96.4 Å². The molecule has 7 rings (SSSR count). The van der Waals surface area contributed by atoms with Crippen molar-refractivity contribution in [2.75, 3.05) is 32.7 Å². The zero-order valence-corrected chi connectivity index (χ0v) is 33.7. The molecule has 5 aliphatic rings. The van der Waals surface area contributed by atoms with Crippen LogP contribution in [0.2, 0.25) is 0 Å². The summed E-state index contributed by atoms with van der Waals surface area (Å²) in [5.74, 6) is 1.40. The highest BCUT2D eigenvalue weighted by molar-refractivity contribution is 5.97. The fraction of sp³-hybridized carbons (Fsp3) is 0.674. The van der Waals surface area contributed by atoms with Crippen LogP contribution in [0, 0.1) is 40.9 Å². The molecule has 298 valence electrons. The van der Waals surface area contributed by atoms with Gasteiger partial charge in [0.1, 0.15) is 17.9 Å². The van der Waals surface area contributed by atoms with Gasteiger partial charge in [-0.3, -0.25) is 14.4 Å². The molecule has 54 heavy (non-hydrogen) atoms. The monoisotopic (exact) mass is 748 g/mol. The van der Waals surface area contributed by atoms with E-state index in [0.29, 0.717) is 35.0 Å². The van der Waals surface area contributed by atoms with Crippen molar-refractivity contribution >= 4 is 17.5 Å². The van der Waals surface area contributed by atoms with Crippen molar-refractivity contribution in [3.63, 3.8) is 0 Å². The summed E-state index contributed by atoms with van der Waals surface area (Å²) in [6.07, 6.45) is 2.67. The maximum absolute atomic E-state index is 14.3. The maximum Gasteiger partial charge on any atom is 0.251 e. The number of fused-ring (bicyclic) bond motifs is 2. The number of amides is 2. The van der Waals surface area contributed by atoms with E-state index < -0.39 is 30.3 Å². The molecule has 2 amide bonds. The Bertz CT molecular complexity index is 1660. The van der Waals surface area contributed by atoms with Crippen LogP contribution in [0.5, 0.6) is 5.75 Å². The normalized spacial score (nSPS) is 33.5. The molecular weight excluding hydrogens is 684 g/mol. The van der Waals surface area contributed by atoms with Crippen LogP contribution in [0.4, 0.5) is 5.69 Å². The van der Waals surface area contributed by atoms with Gasteiger partial charge < -0.3 is 35.6 Å². The van der Waals surface area contributed by atoms with E-state index in [-0.39, 0.29) is 48.4 Å². The number of hydrogen-bond acceptors (Lipinski definition) is 9. The Hall–Kier alpha value is -3.22. The Morgan fingerprint density at radius 3 is 2.43 bits per heavy atom. The van der Waals surface area contributed by atoms with Crippen LogP contribution >= 0.6 is 0 Å². The molecule has 1 aliphatic heterocycles. The number of ether oxygens (including phenoxy) is 1. The van der Waals surface area contributed by atoms with Crippen molar-refractivity contribution in [3.05, 3.63) is 47.5 Å². The lowest BCUT2D eigenvalue weighted by Crippen LogP contribution is -2.62. The summed E-state index contributed by atoms with van der Waals surface area (Å²) in [6.45, 7) is 12.6. The second-order valence-corrected chi connectivity index (χ2v) is 17.6. The van der Waals surface area contributed by atoms with E-state index in [9.17, 15) is 24.9 Å². The zero-order chi connectivity index (χ0) is 39.2. The molecule has 11 heteroatoms. The summed E-state index contributed by atoms with van der Waals surface area (Å²) in [5, 5.41) is 40.4. The first kappa shape index (κ1) is 40.4. The van der Waals surface area contributed by atoms with Crippen LogP contribution in [0.3, 0.4) is 0 Å². The van der Waals surface area contributed by atoms with Crippen LogP contribution in [0.15, 0.2) is 36.4 Å². The van der Waals surface area contributed by atoms with Gasteiger partial charge in [0, 0.05) is 48.4 Å². The van der Waals surface area contributed by atoms with E-state index in [0.717, 1.165) is 48.1 Å².